The van der Waals surface area contributed by atoms with Gasteiger partial charge >= 0.3 is 0 Å². The van der Waals surface area contributed by atoms with Crippen LogP contribution in [0.1, 0.15) is 47.3 Å². The molecule has 1 aromatic heterocycles. The number of carbonyl (C=O) groups is 2. The van der Waals surface area contributed by atoms with E-state index >= 15 is 0 Å². The normalized spacial score (nSPS) is 16.1. The lowest BCUT2D eigenvalue weighted by atomic mass is 9.95. The molecule has 2 amide bonds. The first kappa shape index (κ1) is 21.2. The number of rotatable bonds is 7. The highest BCUT2D eigenvalue weighted by molar-refractivity contribution is 7.14. The van der Waals surface area contributed by atoms with Crippen LogP contribution in [-0.2, 0) is 17.6 Å². The fraction of sp³-hybridized carbons (Fsp3) is 0.320. The topological polar surface area (TPSA) is 62.3 Å². The quantitative estimate of drug-likeness (QED) is 0.573. The summed E-state index contributed by atoms with van der Waals surface area (Å²) in [5, 5.41) is 5.21. The van der Waals surface area contributed by atoms with Gasteiger partial charge in [0.05, 0.1) is 12.1 Å². The Morgan fingerprint density at radius 1 is 1.03 bits per heavy atom. The number of benzene rings is 2. The Labute approximate surface area is 187 Å². The van der Waals surface area contributed by atoms with Crippen LogP contribution < -0.4 is 5.32 Å². The number of anilines is 1. The highest BCUT2D eigenvalue weighted by Gasteiger charge is 2.27. The first-order valence-corrected chi connectivity index (χ1v) is 11.7. The third-order valence-electron chi connectivity index (χ3n) is 5.70. The van der Waals surface area contributed by atoms with E-state index in [-0.39, 0.29) is 24.3 Å². The number of hydrogen-bond acceptors (Lipinski definition) is 4. The highest BCUT2D eigenvalue weighted by atomic mass is 32.1. The molecule has 0 unspecified atom stereocenters. The molecule has 2 aromatic carbocycles. The second-order valence-electron chi connectivity index (χ2n) is 7.90. The number of aryl methyl sites for hydroxylation is 1. The summed E-state index contributed by atoms with van der Waals surface area (Å²) in [5.41, 5.74) is 2.62. The standard InChI is InChI=1S/C25H27N3O2S/c29-23(28-16-8-7-13-22(28)15-14-19-9-3-1-4-10-19)17-21-18-31-25(26-21)27-24(30)20-11-5-2-6-12-20/h1-6,9-12,18,22H,7-8,13-17H2,(H,26,27,30)/t22-/m1/s1. The molecule has 1 N–H and O–H groups in total. The summed E-state index contributed by atoms with van der Waals surface area (Å²) >= 11 is 1.36. The lowest BCUT2D eigenvalue weighted by Crippen LogP contribution is -2.44. The second kappa shape index (κ2) is 10.4. The van der Waals surface area contributed by atoms with Gasteiger partial charge in [0, 0.05) is 23.5 Å². The molecule has 3 aromatic rings. The zero-order chi connectivity index (χ0) is 21.5. The molecule has 6 heteroatoms. The van der Waals surface area contributed by atoms with Crippen molar-refractivity contribution in [3.63, 3.8) is 0 Å². The molecule has 160 valence electrons. The van der Waals surface area contributed by atoms with E-state index in [4.69, 9.17) is 0 Å². The predicted octanol–water partition coefficient (Wildman–Crippen LogP) is 4.95. The number of likely N-dealkylation sites (tertiary alicyclic amines) is 1. The van der Waals surface area contributed by atoms with Gasteiger partial charge in [-0.3, -0.25) is 14.9 Å². The number of hydrogen-bond donors (Lipinski definition) is 1. The lowest BCUT2D eigenvalue weighted by molar-refractivity contribution is -0.134. The first-order chi connectivity index (χ1) is 15.2. The number of nitrogens with one attached hydrogen (secondary N) is 1. The molecule has 0 bridgehead atoms. The Balaban J connectivity index is 1.34. The van der Waals surface area contributed by atoms with Crippen molar-refractivity contribution in [2.45, 2.75) is 44.6 Å². The molecule has 1 fully saturated rings. The zero-order valence-electron chi connectivity index (χ0n) is 17.5. The minimum absolute atomic E-state index is 0.129. The van der Waals surface area contributed by atoms with Gasteiger partial charge in [-0.15, -0.1) is 11.3 Å². The van der Waals surface area contributed by atoms with Gasteiger partial charge in [0.2, 0.25) is 5.91 Å². The molecular formula is C25H27N3O2S. The molecule has 2 heterocycles. The Hall–Kier alpha value is -2.99. The molecular weight excluding hydrogens is 406 g/mol. The largest absolute Gasteiger partial charge is 0.339 e. The molecule has 1 aliphatic rings. The summed E-state index contributed by atoms with van der Waals surface area (Å²) in [5.74, 6) is -0.0613. The maximum absolute atomic E-state index is 13.0. The number of thiazole rings is 1. The maximum Gasteiger partial charge on any atom is 0.257 e. The van der Waals surface area contributed by atoms with Crippen LogP contribution in [-0.4, -0.2) is 34.3 Å². The summed E-state index contributed by atoms with van der Waals surface area (Å²) in [7, 11) is 0. The van der Waals surface area contributed by atoms with Crippen LogP contribution in [0.3, 0.4) is 0 Å². The highest BCUT2D eigenvalue weighted by Crippen LogP contribution is 2.23. The van der Waals surface area contributed by atoms with Gasteiger partial charge in [-0.2, -0.15) is 0 Å². The maximum atomic E-state index is 13.0. The lowest BCUT2D eigenvalue weighted by Gasteiger charge is -2.36. The van der Waals surface area contributed by atoms with E-state index in [1.165, 1.54) is 23.3 Å². The molecule has 5 nitrogen and oxygen atoms in total. The van der Waals surface area contributed by atoms with E-state index in [0.717, 1.165) is 32.2 Å². The monoisotopic (exact) mass is 433 g/mol. The Bertz CT molecular complexity index is 1000. The third-order valence-corrected chi connectivity index (χ3v) is 6.50. The number of aromatic nitrogens is 1. The van der Waals surface area contributed by atoms with Crippen LogP contribution in [0.25, 0.3) is 0 Å². The van der Waals surface area contributed by atoms with Crippen LogP contribution in [0.4, 0.5) is 5.13 Å². The Kier molecular flexibility index (Phi) is 7.10. The molecule has 1 atom stereocenters. The predicted molar refractivity (Wildman–Crippen MR) is 124 cm³/mol. The van der Waals surface area contributed by atoms with Crippen molar-refractivity contribution in [3.05, 3.63) is 82.9 Å². The van der Waals surface area contributed by atoms with Gasteiger partial charge in [0.25, 0.3) is 5.91 Å². The van der Waals surface area contributed by atoms with Crippen molar-refractivity contribution in [3.8, 4) is 0 Å². The van der Waals surface area contributed by atoms with Crippen molar-refractivity contribution < 1.29 is 9.59 Å². The van der Waals surface area contributed by atoms with Crippen LogP contribution in [0, 0.1) is 0 Å². The van der Waals surface area contributed by atoms with E-state index in [2.05, 4.69) is 34.6 Å². The van der Waals surface area contributed by atoms with E-state index in [9.17, 15) is 9.59 Å². The van der Waals surface area contributed by atoms with Gasteiger partial charge in [0.1, 0.15) is 0 Å². The average molecular weight is 434 g/mol. The van der Waals surface area contributed by atoms with Crippen LogP contribution >= 0.6 is 11.3 Å². The van der Waals surface area contributed by atoms with Gasteiger partial charge < -0.3 is 4.90 Å². The van der Waals surface area contributed by atoms with Gasteiger partial charge in [-0.1, -0.05) is 48.5 Å². The summed E-state index contributed by atoms with van der Waals surface area (Å²) in [6.45, 7) is 0.819. The number of nitrogens with zero attached hydrogens (tertiary/aromatic N) is 2. The van der Waals surface area contributed by atoms with Crippen LogP contribution in [0.2, 0.25) is 0 Å². The summed E-state index contributed by atoms with van der Waals surface area (Å²) in [6, 6.07) is 19.8. The van der Waals surface area contributed by atoms with E-state index < -0.39 is 0 Å². The summed E-state index contributed by atoms with van der Waals surface area (Å²) in [4.78, 5) is 31.9. The molecule has 0 radical (unpaired) electrons. The van der Waals surface area contributed by atoms with Crippen molar-refractivity contribution in [1.82, 2.24) is 9.88 Å². The van der Waals surface area contributed by atoms with Gasteiger partial charge in [-0.05, 0) is 49.8 Å². The molecule has 1 aliphatic heterocycles. The SMILES string of the molecule is O=C(Nc1nc(CC(=O)N2CCCC[C@@H]2CCc2ccccc2)cs1)c1ccccc1. The Morgan fingerprint density at radius 2 is 1.77 bits per heavy atom. The van der Waals surface area contributed by atoms with E-state index in [1.807, 2.05) is 34.5 Å². The smallest absolute Gasteiger partial charge is 0.257 e. The van der Waals surface area contributed by atoms with E-state index in [0.29, 0.717) is 16.4 Å². The van der Waals surface area contributed by atoms with Crippen molar-refractivity contribution in [2.24, 2.45) is 0 Å². The molecule has 4 rings (SSSR count). The second-order valence-corrected chi connectivity index (χ2v) is 8.76. The van der Waals surface area contributed by atoms with Crippen molar-refractivity contribution >= 4 is 28.3 Å². The average Bonchev–Trinajstić information content (AvgIpc) is 3.25. The molecule has 1 saturated heterocycles. The minimum atomic E-state index is -0.190. The molecule has 0 saturated carbocycles. The summed E-state index contributed by atoms with van der Waals surface area (Å²) in [6.07, 6.45) is 5.55. The molecule has 0 spiro atoms. The number of carbonyl (C=O) groups excluding carboxylic acids is 2. The van der Waals surface area contributed by atoms with Gasteiger partial charge in [0.15, 0.2) is 5.13 Å². The van der Waals surface area contributed by atoms with Crippen LogP contribution in [0.15, 0.2) is 66.0 Å². The van der Waals surface area contributed by atoms with Crippen molar-refractivity contribution in [2.75, 3.05) is 11.9 Å². The van der Waals surface area contributed by atoms with Gasteiger partial charge in [-0.25, -0.2) is 4.98 Å². The van der Waals surface area contributed by atoms with Crippen molar-refractivity contribution in [1.29, 1.82) is 0 Å². The van der Waals surface area contributed by atoms with Crippen LogP contribution in [0.5, 0.6) is 0 Å². The zero-order valence-corrected chi connectivity index (χ0v) is 18.3. The first-order valence-electron chi connectivity index (χ1n) is 10.8. The minimum Gasteiger partial charge on any atom is -0.339 e. The fourth-order valence-electron chi connectivity index (χ4n) is 4.07. The fourth-order valence-corrected chi connectivity index (χ4v) is 4.77. The number of piperidine rings is 1. The number of amides is 2. The third kappa shape index (κ3) is 5.79. The summed E-state index contributed by atoms with van der Waals surface area (Å²) < 4.78 is 0. The Morgan fingerprint density at radius 3 is 2.55 bits per heavy atom. The molecule has 31 heavy (non-hydrogen) atoms. The molecule has 0 aliphatic carbocycles. The van der Waals surface area contributed by atoms with E-state index in [1.54, 1.807) is 12.1 Å².